The molecule has 0 spiro atoms. The van der Waals surface area contributed by atoms with Crippen molar-refractivity contribution in [3.05, 3.63) is 23.8 Å². The maximum atomic E-state index is 11.2. The van der Waals surface area contributed by atoms with E-state index in [2.05, 4.69) is 30.5 Å². The first-order valence-electron chi connectivity index (χ1n) is 6.35. The Morgan fingerprint density at radius 3 is 3.00 bits per heavy atom. The van der Waals surface area contributed by atoms with Gasteiger partial charge in [-0.1, -0.05) is 20.3 Å². The molecule has 3 nitrogen and oxygen atoms in total. The Morgan fingerprint density at radius 1 is 1.41 bits per heavy atom. The van der Waals surface area contributed by atoms with Crippen LogP contribution in [0.4, 0.5) is 11.4 Å². The molecule has 0 saturated carbocycles. The summed E-state index contributed by atoms with van der Waals surface area (Å²) < 4.78 is 0. The zero-order chi connectivity index (χ0) is 12.3. The highest BCUT2D eigenvalue weighted by molar-refractivity contribution is 5.94. The van der Waals surface area contributed by atoms with Gasteiger partial charge in [0.05, 0.1) is 0 Å². The number of anilines is 2. The Morgan fingerprint density at radius 2 is 2.24 bits per heavy atom. The number of fused-ring (bicyclic) bond motifs is 1. The quantitative estimate of drug-likeness (QED) is 0.837. The molecule has 0 fully saturated rings. The van der Waals surface area contributed by atoms with E-state index in [4.69, 9.17) is 0 Å². The van der Waals surface area contributed by atoms with Crippen LogP contribution in [-0.2, 0) is 11.2 Å². The van der Waals surface area contributed by atoms with Gasteiger partial charge in [-0.15, -0.1) is 0 Å². The van der Waals surface area contributed by atoms with Crippen molar-refractivity contribution in [3.63, 3.8) is 0 Å². The van der Waals surface area contributed by atoms with Gasteiger partial charge in [0, 0.05) is 24.3 Å². The van der Waals surface area contributed by atoms with Gasteiger partial charge in [0.1, 0.15) is 0 Å². The van der Waals surface area contributed by atoms with Crippen LogP contribution in [-0.4, -0.2) is 12.5 Å². The molecule has 92 valence electrons. The molecule has 2 rings (SSSR count). The summed E-state index contributed by atoms with van der Waals surface area (Å²) in [5.41, 5.74) is 3.36. The first-order valence-corrected chi connectivity index (χ1v) is 6.35. The lowest BCUT2D eigenvalue weighted by atomic mass is 10.0. The molecule has 1 unspecified atom stereocenters. The Kier molecular flexibility index (Phi) is 3.67. The van der Waals surface area contributed by atoms with E-state index in [1.165, 1.54) is 12.0 Å². The lowest BCUT2D eigenvalue weighted by Crippen LogP contribution is -2.19. The van der Waals surface area contributed by atoms with Crippen LogP contribution >= 0.6 is 0 Å². The SMILES string of the molecule is CCC(C)CNc1ccc2c(c1)CCC(=O)N2. The summed E-state index contributed by atoms with van der Waals surface area (Å²) in [5.74, 6) is 0.809. The predicted octanol–water partition coefficient (Wildman–Crippen LogP) is 3.03. The van der Waals surface area contributed by atoms with Crippen molar-refractivity contribution in [1.82, 2.24) is 0 Å². The van der Waals surface area contributed by atoms with E-state index < -0.39 is 0 Å². The van der Waals surface area contributed by atoms with E-state index in [1.807, 2.05) is 12.1 Å². The van der Waals surface area contributed by atoms with Crippen LogP contribution in [0.1, 0.15) is 32.3 Å². The summed E-state index contributed by atoms with van der Waals surface area (Å²) >= 11 is 0. The fraction of sp³-hybridized carbons (Fsp3) is 0.500. The highest BCUT2D eigenvalue weighted by atomic mass is 16.1. The third kappa shape index (κ3) is 2.99. The number of nitrogens with one attached hydrogen (secondary N) is 2. The molecular formula is C14H20N2O. The number of carbonyl (C=O) groups is 1. The molecule has 0 aliphatic carbocycles. The van der Waals surface area contributed by atoms with E-state index in [9.17, 15) is 4.79 Å². The molecule has 1 heterocycles. The van der Waals surface area contributed by atoms with Crippen LogP contribution in [0.3, 0.4) is 0 Å². The second-order valence-corrected chi connectivity index (χ2v) is 4.81. The van der Waals surface area contributed by atoms with Gasteiger partial charge in [0.25, 0.3) is 0 Å². The minimum atomic E-state index is 0.123. The van der Waals surface area contributed by atoms with E-state index >= 15 is 0 Å². The number of rotatable bonds is 4. The second-order valence-electron chi connectivity index (χ2n) is 4.81. The average Bonchev–Trinajstić information content (AvgIpc) is 2.35. The minimum Gasteiger partial charge on any atom is -0.385 e. The molecule has 1 aromatic rings. The standard InChI is InChI=1S/C14H20N2O/c1-3-10(2)9-15-12-5-6-13-11(8-12)4-7-14(17)16-13/h5-6,8,10,15H,3-4,7,9H2,1-2H3,(H,16,17). The van der Waals surface area contributed by atoms with Crippen LogP contribution in [0.5, 0.6) is 0 Å². The minimum absolute atomic E-state index is 0.123. The van der Waals surface area contributed by atoms with Crippen molar-refractivity contribution in [2.24, 2.45) is 5.92 Å². The van der Waals surface area contributed by atoms with Gasteiger partial charge in [-0.2, -0.15) is 0 Å². The van der Waals surface area contributed by atoms with Gasteiger partial charge in [-0.25, -0.2) is 0 Å². The summed E-state index contributed by atoms with van der Waals surface area (Å²) in [5, 5.41) is 6.34. The molecule has 1 aliphatic heterocycles. The number of hydrogen-bond acceptors (Lipinski definition) is 2. The molecule has 1 atom stereocenters. The monoisotopic (exact) mass is 232 g/mol. The van der Waals surface area contributed by atoms with Crippen molar-refractivity contribution >= 4 is 17.3 Å². The fourth-order valence-electron chi connectivity index (χ4n) is 1.93. The third-order valence-electron chi connectivity index (χ3n) is 3.35. The number of benzene rings is 1. The Bertz CT molecular complexity index is 415. The highest BCUT2D eigenvalue weighted by Crippen LogP contribution is 2.25. The molecular weight excluding hydrogens is 212 g/mol. The molecule has 0 bridgehead atoms. The number of hydrogen-bond donors (Lipinski definition) is 2. The first-order chi connectivity index (χ1) is 8.19. The van der Waals surface area contributed by atoms with Gasteiger partial charge < -0.3 is 10.6 Å². The zero-order valence-corrected chi connectivity index (χ0v) is 10.5. The Labute approximate surface area is 103 Å². The van der Waals surface area contributed by atoms with Gasteiger partial charge in [0.15, 0.2) is 0 Å². The number of aryl methyl sites for hydroxylation is 1. The van der Waals surface area contributed by atoms with E-state index in [0.29, 0.717) is 12.3 Å². The molecule has 0 radical (unpaired) electrons. The molecule has 0 aromatic heterocycles. The van der Waals surface area contributed by atoms with Crippen LogP contribution < -0.4 is 10.6 Å². The smallest absolute Gasteiger partial charge is 0.224 e. The Balaban J connectivity index is 2.04. The Hall–Kier alpha value is -1.51. The van der Waals surface area contributed by atoms with Crippen molar-refractivity contribution < 1.29 is 4.79 Å². The van der Waals surface area contributed by atoms with E-state index in [0.717, 1.165) is 24.3 Å². The third-order valence-corrected chi connectivity index (χ3v) is 3.35. The average molecular weight is 232 g/mol. The summed E-state index contributed by atoms with van der Waals surface area (Å²) in [6.45, 7) is 5.45. The zero-order valence-electron chi connectivity index (χ0n) is 10.5. The first kappa shape index (κ1) is 12.0. The molecule has 1 amide bonds. The predicted molar refractivity (Wildman–Crippen MR) is 71.3 cm³/mol. The summed E-state index contributed by atoms with van der Waals surface area (Å²) in [7, 11) is 0. The molecule has 0 saturated heterocycles. The van der Waals surface area contributed by atoms with Crippen LogP contribution in [0.25, 0.3) is 0 Å². The fourth-order valence-corrected chi connectivity index (χ4v) is 1.93. The summed E-state index contributed by atoms with van der Waals surface area (Å²) in [6.07, 6.45) is 2.63. The van der Waals surface area contributed by atoms with Crippen molar-refractivity contribution in [3.8, 4) is 0 Å². The van der Waals surface area contributed by atoms with Crippen LogP contribution in [0.2, 0.25) is 0 Å². The molecule has 2 N–H and O–H groups in total. The molecule has 1 aliphatic rings. The van der Waals surface area contributed by atoms with Crippen molar-refractivity contribution in [1.29, 1.82) is 0 Å². The van der Waals surface area contributed by atoms with Crippen molar-refractivity contribution in [2.45, 2.75) is 33.1 Å². The normalized spacial score (nSPS) is 16.0. The van der Waals surface area contributed by atoms with E-state index in [1.54, 1.807) is 0 Å². The number of carbonyl (C=O) groups excluding carboxylic acids is 1. The van der Waals surface area contributed by atoms with E-state index in [-0.39, 0.29) is 5.91 Å². The van der Waals surface area contributed by atoms with Crippen LogP contribution in [0, 0.1) is 5.92 Å². The maximum absolute atomic E-state index is 11.2. The van der Waals surface area contributed by atoms with Gasteiger partial charge in [-0.3, -0.25) is 4.79 Å². The largest absolute Gasteiger partial charge is 0.385 e. The van der Waals surface area contributed by atoms with Gasteiger partial charge >= 0.3 is 0 Å². The maximum Gasteiger partial charge on any atom is 0.224 e. The van der Waals surface area contributed by atoms with Gasteiger partial charge in [0.2, 0.25) is 5.91 Å². The summed E-state index contributed by atoms with van der Waals surface area (Å²) in [4.78, 5) is 11.2. The highest BCUT2D eigenvalue weighted by Gasteiger charge is 2.14. The lowest BCUT2D eigenvalue weighted by Gasteiger charge is -2.18. The number of amides is 1. The molecule has 17 heavy (non-hydrogen) atoms. The van der Waals surface area contributed by atoms with Crippen LogP contribution in [0.15, 0.2) is 18.2 Å². The van der Waals surface area contributed by atoms with Gasteiger partial charge in [-0.05, 0) is 36.1 Å². The molecule has 3 heteroatoms. The second kappa shape index (κ2) is 5.21. The lowest BCUT2D eigenvalue weighted by molar-refractivity contribution is -0.116. The van der Waals surface area contributed by atoms with Crippen molar-refractivity contribution in [2.75, 3.05) is 17.2 Å². The summed E-state index contributed by atoms with van der Waals surface area (Å²) in [6, 6.07) is 6.18. The topological polar surface area (TPSA) is 41.1 Å². The molecule has 1 aromatic carbocycles.